The van der Waals surface area contributed by atoms with E-state index >= 15 is 0 Å². The number of benzene rings is 2. The number of aliphatic hydroxyl groups excluding tert-OH is 1. The number of hydrogen-bond donors (Lipinski definition) is 3. The molecule has 2 heterocycles. The molecule has 0 radical (unpaired) electrons. The molecule has 2 aromatic heterocycles. The lowest BCUT2D eigenvalue weighted by atomic mass is 10.1. The van der Waals surface area contributed by atoms with Gasteiger partial charge in [-0.1, -0.05) is 60.7 Å². The van der Waals surface area contributed by atoms with Crippen molar-refractivity contribution in [2.45, 2.75) is 12.6 Å². The third-order valence-corrected chi connectivity index (χ3v) is 4.21. The van der Waals surface area contributed by atoms with Crippen LogP contribution in [-0.2, 0) is 6.54 Å². The first-order valence-electron chi connectivity index (χ1n) is 8.13. The molecule has 4 rings (SSSR count). The van der Waals surface area contributed by atoms with Gasteiger partial charge in [-0.2, -0.15) is 0 Å². The second-order valence-electron chi connectivity index (χ2n) is 5.96. The van der Waals surface area contributed by atoms with Crippen LogP contribution in [0, 0.1) is 0 Å². The first-order chi connectivity index (χ1) is 12.6. The summed E-state index contributed by atoms with van der Waals surface area (Å²) < 4.78 is 1.38. The van der Waals surface area contributed by atoms with Crippen molar-refractivity contribution >= 4 is 11.2 Å². The van der Waals surface area contributed by atoms with Crippen LogP contribution in [0.15, 0.2) is 70.3 Å². The lowest BCUT2D eigenvalue weighted by Gasteiger charge is -2.07. The Morgan fingerprint density at radius 3 is 2.31 bits per heavy atom. The Hall–Kier alpha value is -3.45. The first kappa shape index (κ1) is 16.0. The van der Waals surface area contributed by atoms with E-state index in [1.54, 1.807) is 24.3 Å². The Balaban J connectivity index is 1.84. The number of aliphatic hydroxyl groups is 1. The SMILES string of the molecule is O=c1[nH]c(=O)n(Cc2ccccc2)c2nc(C(O)c3ccccc3)[nH]c12. The molecule has 4 aromatic rings. The summed E-state index contributed by atoms with van der Waals surface area (Å²) in [5, 5.41) is 10.5. The smallest absolute Gasteiger partial charge is 0.330 e. The zero-order valence-electron chi connectivity index (χ0n) is 13.7. The van der Waals surface area contributed by atoms with E-state index in [1.807, 2.05) is 36.4 Å². The van der Waals surface area contributed by atoms with Crippen molar-refractivity contribution < 1.29 is 5.11 Å². The summed E-state index contributed by atoms with van der Waals surface area (Å²) in [4.78, 5) is 33.9. The highest BCUT2D eigenvalue weighted by atomic mass is 16.3. The summed E-state index contributed by atoms with van der Waals surface area (Å²) in [7, 11) is 0. The van der Waals surface area contributed by atoms with Crippen LogP contribution in [0.2, 0.25) is 0 Å². The number of imidazole rings is 1. The van der Waals surface area contributed by atoms with Crippen molar-refractivity contribution in [2.75, 3.05) is 0 Å². The second kappa shape index (κ2) is 6.45. The minimum absolute atomic E-state index is 0.158. The van der Waals surface area contributed by atoms with Crippen LogP contribution in [0.1, 0.15) is 23.1 Å². The number of aromatic nitrogens is 4. The topological polar surface area (TPSA) is 104 Å². The van der Waals surface area contributed by atoms with Crippen LogP contribution in [0.4, 0.5) is 0 Å². The van der Waals surface area contributed by atoms with Gasteiger partial charge in [0.1, 0.15) is 17.4 Å². The Bertz CT molecular complexity index is 1160. The summed E-state index contributed by atoms with van der Waals surface area (Å²) in [6, 6.07) is 18.4. The zero-order chi connectivity index (χ0) is 18.1. The maximum atomic E-state index is 12.3. The van der Waals surface area contributed by atoms with Gasteiger partial charge in [-0.15, -0.1) is 0 Å². The Kier molecular flexibility index (Phi) is 3.98. The van der Waals surface area contributed by atoms with E-state index < -0.39 is 17.4 Å². The first-order valence-corrected chi connectivity index (χ1v) is 8.13. The molecule has 0 saturated carbocycles. The molecule has 0 fully saturated rings. The van der Waals surface area contributed by atoms with Crippen LogP contribution < -0.4 is 11.2 Å². The highest BCUT2D eigenvalue weighted by molar-refractivity contribution is 5.70. The van der Waals surface area contributed by atoms with E-state index in [9.17, 15) is 14.7 Å². The maximum Gasteiger partial charge on any atom is 0.330 e. The number of fused-ring (bicyclic) bond motifs is 1. The summed E-state index contributed by atoms with van der Waals surface area (Å²) in [6.45, 7) is 0.263. The number of aromatic amines is 2. The monoisotopic (exact) mass is 348 g/mol. The predicted octanol–water partition coefficient (Wildman–Crippen LogP) is 1.54. The van der Waals surface area contributed by atoms with Crippen molar-refractivity contribution in [2.24, 2.45) is 0 Å². The summed E-state index contributed by atoms with van der Waals surface area (Å²) >= 11 is 0. The van der Waals surface area contributed by atoms with Crippen molar-refractivity contribution in [3.05, 3.63) is 98.5 Å². The quantitative estimate of drug-likeness (QED) is 0.520. The van der Waals surface area contributed by atoms with Crippen LogP contribution in [0.25, 0.3) is 11.2 Å². The summed E-state index contributed by atoms with van der Waals surface area (Å²) in [5.74, 6) is 0.212. The number of nitrogens with zero attached hydrogens (tertiary/aromatic N) is 2. The van der Waals surface area contributed by atoms with E-state index in [0.717, 1.165) is 5.56 Å². The molecule has 1 atom stereocenters. The normalized spacial score (nSPS) is 12.3. The molecule has 0 aliphatic carbocycles. The van der Waals surface area contributed by atoms with Gasteiger partial charge < -0.3 is 10.1 Å². The molecule has 0 aliphatic heterocycles. The number of hydrogen-bond acceptors (Lipinski definition) is 4. The lowest BCUT2D eigenvalue weighted by molar-refractivity contribution is 0.211. The van der Waals surface area contributed by atoms with Crippen molar-refractivity contribution in [1.29, 1.82) is 0 Å². The van der Waals surface area contributed by atoms with Gasteiger partial charge in [0, 0.05) is 0 Å². The van der Waals surface area contributed by atoms with E-state index in [4.69, 9.17) is 0 Å². The van der Waals surface area contributed by atoms with E-state index in [-0.39, 0.29) is 23.5 Å². The van der Waals surface area contributed by atoms with Crippen molar-refractivity contribution in [3.8, 4) is 0 Å². The molecule has 0 bridgehead atoms. The van der Waals surface area contributed by atoms with Gasteiger partial charge in [-0.05, 0) is 11.1 Å². The van der Waals surface area contributed by atoms with E-state index in [2.05, 4.69) is 15.0 Å². The lowest BCUT2D eigenvalue weighted by Crippen LogP contribution is -2.30. The molecule has 0 aliphatic rings. The zero-order valence-corrected chi connectivity index (χ0v) is 13.7. The molecule has 7 heteroatoms. The molecule has 130 valence electrons. The molecule has 1 unspecified atom stereocenters. The van der Waals surface area contributed by atoms with Gasteiger partial charge in [0.15, 0.2) is 5.65 Å². The largest absolute Gasteiger partial charge is 0.380 e. The number of nitrogens with one attached hydrogen (secondary N) is 2. The fourth-order valence-corrected chi connectivity index (χ4v) is 2.89. The average molecular weight is 348 g/mol. The van der Waals surface area contributed by atoms with Gasteiger partial charge in [0.25, 0.3) is 5.56 Å². The van der Waals surface area contributed by atoms with Gasteiger partial charge in [-0.3, -0.25) is 14.3 Å². The maximum absolute atomic E-state index is 12.3. The standard InChI is InChI=1S/C19H16N4O3/c24-15(13-9-5-2-6-10-13)16-20-14-17(21-16)23(19(26)22-18(14)25)11-12-7-3-1-4-8-12/h1-10,15,24H,11H2,(H,20,21)(H,22,25,26). The number of H-pyrrole nitrogens is 2. The molecule has 26 heavy (non-hydrogen) atoms. The minimum atomic E-state index is -1.02. The molecule has 0 spiro atoms. The van der Waals surface area contributed by atoms with Crippen molar-refractivity contribution in [3.63, 3.8) is 0 Å². The molecule has 2 aromatic carbocycles. The van der Waals surface area contributed by atoms with Crippen LogP contribution in [0.5, 0.6) is 0 Å². The van der Waals surface area contributed by atoms with Gasteiger partial charge in [0.05, 0.1) is 6.54 Å². The fourth-order valence-electron chi connectivity index (χ4n) is 2.89. The molecular formula is C19H16N4O3. The van der Waals surface area contributed by atoms with Crippen molar-refractivity contribution in [1.82, 2.24) is 19.5 Å². The van der Waals surface area contributed by atoms with Gasteiger partial charge >= 0.3 is 5.69 Å². The predicted molar refractivity (Wildman–Crippen MR) is 97.0 cm³/mol. The van der Waals surface area contributed by atoms with E-state index in [0.29, 0.717) is 5.56 Å². The average Bonchev–Trinajstić information content (AvgIpc) is 3.12. The Labute approximate surface area is 147 Å². The molecular weight excluding hydrogens is 332 g/mol. The van der Waals surface area contributed by atoms with Crippen LogP contribution in [-0.4, -0.2) is 24.6 Å². The molecule has 3 N–H and O–H groups in total. The summed E-state index contributed by atoms with van der Waals surface area (Å²) in [5.41, 5.74) is 0.807. The minimum Gasteiger partial charge on any atom is -0.380 e. The molecule has 7 nitrogen and oxygen atoms in total. The van der Waals surface area contributed by atoms with Crippen LogP contribution in [0.3, 0.4) is 0 Å². The third kappa shape index (κ3) is 2.84. The fraction of sp³-hybridized carbons (Fsp3) is 0.105. The molecule has 0 saturated heterocycles. The number of rotatable bonds is 4. The second-order valence-corrected chi connectivity index (χ2v) is 5.96. The van der Waals surface area contributed by atoms with Gasteiger partial charge in [-0.25, -0.2) is 9.78 Å². The van der Waals surface area contributed by atoms with Crippen LogP contribution >= 0.6 is 0 Å². The summed E-state index contributed by atoms with van der Waals surface area (Å²) in [6.07, 6.45) is -1.02. The Morgan fingerprint density at radius 2 is 1.62 bits per heavy atom. The highest BCUT2D eigenvalue weighted by Gasteiger charge is 2.19. The van der Waals surface area contributed by atoms with E-state index in [1.165, 1.54) is 4.57 Å². The molecule has 0 amide bonds. The Morgan fingerprint density at radius 1 is 0.962 bits per heavy atom. The van der Waals surface area contributed by atoms with Gasteiger partial charge in [0.2, 0.25) is 0 Å². The highest BCUT2D eigenvalue weighted by Crippen LogP contribution is 2.20. The third-order valence-electron chi connectivity index (χ3n) is 4.21.